The average molecular weight is 411 g/mol. The van der Waals surface area contributed by atoms with Crippen LogP contribution in [0.3, 0.4) is 0 Å². The standard InChI is InChI=1S/C22H25N3O5/c1-12-8-6-7-9-15(12)24-21(26)19-13(2)23-22(27)25-20(19)14-10-17(29-4)18(30-5)11-16(14)28-3/h6-11,20H,1-5H3,(H,24,26)(H2,23,25,27)/t20-/m0/s1. The summed E-state index contributed by atoms with van der Waals surface area (Å²) >= 11 is 0. The van der Waals surface area contributed by atoms with Gasteiger partial charge in [0.1, 0.15) is 5.75 Å². The van der Waals surface area contributed by atoms with Crippen molar-refractivity contribution < 1.29 is 23.8 Å². The van der Waals surface area contributed by atoms with Crippen LogP contribution in [-0.4, -0.2) is 33.3 Å². The van der Waals surface area contributed by atoms with Crippen LogP contribution in [0.15, 0.2) is 47.7 Å². The number of aryl methyl sites for hydroxylation is 1. The van der Waals surface area contributed by atoms with Gasteiger partial charge in [-0.2, -0.15) is 0 Å². The number of benzene rings is 2. The van der Waals surface area contributed by atoms with Crippen LogP contribution in [-0.2, 0) is 4.79 Å². The predicted octanol–water partition coefficient (Wildman–Crippen LogP) is 3.29. The van der Waals surface area contributed by atoms with E-state index >= 15 is 0 Å². The van der Waals surface area contributed by atoms with E-state index in [1.807, 2.05) is 31.2 Å². The van der Waals surface area contributed by atoms with Crippen molar-refractivity contribution in [3.05, 3.63) is 58.8 Å². The summed E-state index contributed by atoms with van der Waals surface area (Å²) in [5.74, 6) is 1.05. The molecule has 3 rings (SSSR count). The molecule has 0 spiro atoms. The molecular formula is C22H25N3O5. The molecule has 158 valence electrons. The number of urea groups is 1. The molecule has 8 heteroatoms. The van der Waals surface area contributed by atoms with Gasteiger partial charge in [-0.05, 0) is 31.5 Å². The molecular weight excluding hydrogens is 386 g/mol. The minimum atomic E-state index is -0.752. The average Bonchev–Trinajstić information content (AvgIpc) is 2.73. The maximum atomic E-state index is 13.2. The number of rotatable bonds is 6. The van der Waals surface area contributed by atoms with Crippen molar-refractivity contribution in [2.45, 2.75) is 19.9 Å². The SMILES string of the molecule is COc1cc(OC)c([C@@H]2NC(=O)NC(C)=C2C(=O)Nc2ccccc2C)cc1OC. The van der Waals surface area contributed by atoms with Crippen LogP contribution in [0.5, 0.6) is 17.2 Å². The summed E-state index contributed by atoms with van der Waals surface area (Å²) in [6.07, 6.45) is 0. The molecule has 0 unspecified atom stereocenters. The Hall–Kier alpha value is -3.68. The molecule has 2 aromatic rings. The lowest BCUT2D eigenvalue weighted by Gasteiger charge is -2.30. The lowest BCUT2D eigenvalue weighted by Crippen LogP contribution is -2.46. The highest BCUT2D eigenvalue weighted by Crippen LogP contribution is 2.40. The zero-order valence-electron chi connectivity index (χ0n) is 17.6. The van der Waals surface area contributed by atoms with Gasteiger partial charge < -0.3 is 30.2 Å². The van der Waals surface area contributed by atoms with Crippen LogP contribution in [0.4, 0.5) is 10.5 Å². The number of para-hydroxylation sites is 1. The van der Waals surface area contributed by atoms with Crippen LogP contribution in [0.1, 0.15) is 24.1 Å². The Morgan fingerprint density at radius 1 is 0.967 bits per heavy atom. The molecule has 0 bridgehead atoms. The Balaban J connectivity index is 2.08. The summed E-state index contributed by atoms with van der Waals surface area (Å²) in [5, 5.41) is 8.41. The van der Waals surface area contributed by atoms with Gasteiger partial charge in [0.15, 0.2) is 11.5 Å². The fourth-order valence-corrected chi connectivity index (χ4v) is 3.41. The number of allylic oxidation sites excluding steroid dienone is 1. The summed E-state index contributed by atoms with van der Waals surface area (Å²) in [6, 6.07) is 9.67. The Labute approximate surface area is 175 Å². The van der Waals surface area contributed by atoms with E-state index < -0.39 is 12.1 Å². The predicted molar refractivity (Wildman–Crippen MR) is 113 cm³/mol. The Bertz CT molecular complexity index is 1020. The molecule has 1 atom stereocenters. The van der Waals surface area contributed by atoms with Crippen molar-refractivity contribution in [2.24, 2.45) is 0 Å². The van der Waals surface area contributed by atoms with E-state index in [1.165, 1.54) is 21.3 Å². The number of methoxy groups -OCH3 is 3. The molecule has 0 aliphatic carbocycles. The summed E-state index contributed by atoms with van der Waals surface area (Å²) < 4.78 is 16.3. The van der Waals surface area contributed by atoms with Gasteiger partial charge in [-0.25, -0.2) is 4.79 Å². The van der Waals surface area contributed by atoms with Gasteiger partial charge in [0, 0.05) is 23.0 Å². The first kappa shape index (κ1) is 21.0. The highest BCUT2D eigenvalue weighted by Gasteiger charge is 2.34. The highest BCUT2D eigenvalue weighted by atomic mass is 16.5. The van der Waals surface area contributed by atoms with Gasteiger partial charge in [0.05, 0.1) is 32.9 Å². The minimum Gasteiger partial charge on any atom is -0.496 e. The second-order valence-corrected chi connectivity index (χ2v) is 6.79. The van der Waals surface area contributed by atoms with Crippen molar-refractivity contribution in [1.82, 2.24) is 10.6 Å². The molecule has 2 aromatic carbocycles. The summed E-state index contributed by atoms with van der Waals surface area (Å²) in [4.78, 5) is 25.5. The van der Waals surface area contributed by atoms with E-state index in [4.69, 9.17) is 14.2 Å². The van der Waals surface area contributed by atoms with Gasteiger partial charge in [-0.3, -0.25) is 4.79 Å². The fraction of sp³-hybridized carbons (Fsp3) is 0.273. The smallest absolute Gasteiger partial charge is 0.319 e. The van der Waals surface area contributed by atoms with E-state index in [0.717, 1.165) is 5.56 Å². The van der Waals surface area contributed by atoms with Crippen molar-refractivity contribution >= 4 is 17.6 Å². The molecule has 1 aliphatic heterocycles. The van der Waals surface area contributed by atoms with E-state index in [9.17, 15) is 9.59 Å². The molecule has 3 N–H and O–H groups in total. The van der Waals surface area contributed by atoms with Gasteiger partial charge >= 0.3 is 6.03 Å². The first-order valence-electron chi connectivity index (χ1n) is 9.34. The Morgan fingerprint density at radius 3 is 2.23 bits per heavy atom. The monoisotopic (exact) mass is 411 g/mol. The van der Waals surface area contributed by atoms with Gasteiger partial charge in [-0.1, -0.05) is 18.2 Å². The highest BCUT2D eigenvalue weighted by molar-refractivity contribution is 6.07. The normalized spacial score (nSPS) is 15.8. The topological polar surface area (TPSA) is 97.9 Å². The molecule has 30 heavy (non-hydrogen) atoms. The van der Waals surface area contributed by atoms with E-state index in [1.54, 1.807) is 19.1 Å². The third-order valence-electron chi connectivity index (χ3n) is 4.95. The largest absolute Gasteiger partial charge is 0.496 e. The van der Waals surface area contributed by atoms with Crippen LogP contribution in [0, 0.1) is 6.92 Å². The van der Waals surface area contributed by atoms with Gasteiger partial charge in [0.2, 0.25) is 0 Å². The molecule has 1 aliphatic rings. The number of ether oxygens (including phenoxy) is 3. The second-order valence-electron chi connectivity index (χ2n) is 6.79. The lowest BCUT2D eigenvalue weighted by atomic mass is 9.93. The lowest BCUT2D eigenvalue weighted by molar-refractivity contribution is -0.113. The van der Waals surface area contributed by atoms with Crippen LogP contribution in [0.25, 0.3) is 0 Å². The Kier molecular flexibility index (Phi) is 6.15. The number of hydrogen-bond acceptors (Lipinski definition) is 5. The summed E-state index contributed by atoms with van der Waals surface area (Å²) in [5.41, 5.74) is 3.00. The first-order chi connectivity index (χ1) is 14.4. The maximum absolute atomic E-state index is 13.2. The number of carbonyl (C=O) groups excluding carboxylic acids is 2. The summed E-state index contributed by atoms with van der Waals surface area (Å²) in [7, 11) is 4.55. The molecule has 0 aromatic heterocycles. The number of anilines is 1. The third kappa shape index (κ3) is 4.03. The fourth-order valence-electron chi connectivity index (χ4n) is 3.41. The van der Waals surface area contributed by atoms with E-state index in [-0.39, 0.29) is 5.91 Å². The van der Waals surface area contributed by atoms with E-state index in [2.05, 4.69) is 16.0 Å². The van der Waals surface area contributed by atoms with Crippen molar-refractivity contribution in [2.75, 3.05) is 26.6 Å². The number of hydrogen-bond donors (Lipinski definition) is 3. The molecule has 0 saturated heterocycles. The van der Waals surface area contributed by atoms with Crippen LogP contribution >= 0.6 is 0 Å². The van der Waals surface area contributed by atoms with Gasteiger partial charge in [0.25, 0.3) is 5.91 Å². The molecule has 1 heterocycles. The Morgan fingerprint density at radius 2 is 1.60 bits per heavy atom. The molecule has 8 nitrogen and oxygen atoms in total. The van der Waals surface area contributed by atoms with Crippen molar-refractivity contribution in [3.63, 3.8) is 0 Å². The number of nitrogens with one attached hydrogen (secondary N) is 3. The van der Waals surface area contributed by atoms with Crippen LogP contribution < -0.4 is 30.2 Å². The second kappa shape index (κ2) is 8.77. The van der Waals surface area contributed by atoms with Crippen LogP contribution in [0.2, 0.25) is 0 Å². The molecule has 0 saturated carbocycles. The molecule has 0 fully saturated rings. The van der Waals surface area contributed by atoms with Gasteiger partial charge in [-0.15, -0.1) is 0 Å². The maximum Gasteiger partial charge on any atom is 0.319 e. The minimum absolute atomic E-state index is 0.337. The quantitative estimate of drug-likeness (QED) is 0.678. The first-order valence-corrected chi connectivity index (χ1v) is 9.34. The molecule has 0 radical (unpaired) electrons. The zero-order valence-corrected chi connectivity index (χ0v) is 17.6. The van der Waals surface area contributed by atoms with E-state index in [0.29, 0.717) is 39.8 Å². The third-order valence-corrected chi connectivity index (χ3v) is 4.95. The number of carbonyl (C=O) groups is 2. The molecule has 3 amide bonds. The zero-order chi connectivity index (χ0) is 21.8. The van der Waals surface area contributed by atoms with Crippen molar-refractivity contribution in [3.8, 4) is 17.2 Å². The van der Waals surface area contributed by atoms with Crippen molar-refractivity contribution in [1.29, 1.82) is 0 Å². The summed E-state index contributed by atoms with van der Waals surface area (Å²) in [6.45, 7) is 3.60. The number of amides is 3.